The van der Waals surface area contributed by atoms with Crippen molar-refractivity contribution in [3.05, 3.63) is 0 Å². The molecule has 1 rings (SSSR count). The molecule has 0 aliphatic carbocycles. The lowest BCUT2D eigenvalue weighted by atomic mass is 9.75. The van der Waals surface area contributed by atoms with Gasteiger partial charge in [-0.1, -0.05) is 27.7 Å². The van der Waals surface area contributed by atoms with Gasteiger partial charge in [-0.15, -0.1) is 0 Å². The summed E-state index contributed by atoms with van der Waals surface area (Å²) in [4.78, 5) is 12.8. The molecule has 1 heterocycles. The molecule has 2 unspecified atom stereocenters. The maximum Gasteiger partial charge on any atom is 0.319 e. The van der Waals surface area contributed by atoms with Gasteiger partial charge in [0.05, 0.1) is 0 Å². The Morgan fingerprint density at radius 2 is 2.00 bits per heavy atom. The number of amides is 2. The van der Waals surface area contributed by atoms with E-state index in [1.54, 1.807) is 7.05 Å². The van der Waals surface area contributed by atoms with Crippen molar-refractivity contribution in [2.45, 2.75) is 40.0 Å². The van der Waals surface area contributed by atoms with Gasteiger partial charge >= 0.3 is 6.03 Å². The van der Waals surface area contributed by atoms with Crippen LogP contribution in [-0.2, 0) is 0 Å². The summed E-state index contributed by atoms with van der Waals surface area (Å²) in [5.74, 6) is 0.317. The molecule has 0 saturated carbocycles. The molecule has 0 aromatic heterocycles. The number of aliphatic hydroxyl groups is 1. The van der Waals surface area contributed by atoms with Crippen molar-refractivity contribution in [1.82, 2.24) is 10.2 Å². The second kappa shape index (κ2) is 3.42. The first-order chi connectivity index (χ1) is 6.28. The minimum Gasteiger partial charge on any atom is -0.373 e. The summed E-state index contributed by atoms with van der Waals surface area (Å²) in [7, 11) is 1.61. The summed E-state index contributed by atoms with van der Waals surface area (Å²) in [6.45, 7) is 8.03. The normalized spacial score (nSPS) is 31.9. The van der Waals surface area contributed by atoms with E-state index in [-0.39, 0.29) is 17.5 Å². The minimum absolute atomic E-state index is 0.0150. The topological polar surface area (TPSA) is 52.6 Å². The number of nitrogens with zero attached hydrogens (tertiary/aromatic N) is 1. The van der Waals surface area contributed by atoms with Crippen LogP contribution in [0.1, 0.15) is 27.7 Å². The zero-order chi connectivity index (χ0) is 11.1. The zero-order valence-corrected chi connectivity index (χ0v) is 9.53. The lowest BCUT2D eigenvalue weighted by Gasteiger charge is -2.48. The van der Waals surface area contributed by atoms with E-state index >= 15 is 0 Å². The van der Waals surface area contributed by atoms with Crippen LogP contribution < -0.4 is 5.32 Å². The van der Waals surface area contributed by atoms with Gasteiger partial charge in [0, 0.05) is 18.5 Å². The highest BCUT2D eigenvalue weighted by Gasteiger charge is 2.46. The first kappa shape index (κ1) is 11.3. The molecule has 0 aromatic rings. The Morgan fingerprint density at radius 1 is 1.50 bits per heavy atom. The lowest BCUT2D eigenvalue weighted by Crippen LogP contribution is -2.66. The molecule has 1 aliphatic rings. The molecule has 4 heteroatoms. The van der Waals surface area contributed by atoms with E-state index < -0.39 is 6.23 Å². The molecular formula is C10H20N2O2. The fourth-order valence-electron chi connectivity index (χ4n) is 2.22. The van der Waals surface area contributed by atoms with Crippen molar-refractivity contribution in [2.75, 3.05) is 7.05 Å². The summed E-state index contributed by atoms with van der Waals surface area (Å²) in [5, 5.41) is 12.9. The number of hydrogen-bond donors (Lipinski definition) is 2. The number of hydrogen-bond acceptors (Lipinski definition) is 2. The number of urea groups is 1. The Hall–Kier alpha value is -0.770. The van der Waals surface area contributed by atoms with Crippen molar-refractivity contribution < 1.29 is 9.90 Å². The summed E-state index contributed by atoms with van der Waals surface area (Å²) in [6, 6.07) is -0.184. The third-order valence-electron chi connectivity index (χ3n) is 3.10. The zero-order valence-electron chi connectivity index (χ0n) is 9.53. The predicted octanol–water partition coefficient (Wildman–Crippen LogP) is 1.01. The number of rotatable bonds is 1. The third-order valence-corrected chi connectivity index (χ3v) is 3.10. The lowest BCUT2D eigenvalue weighted by molar-refractivity contribution is -0.0868. The summed E-state index contributed by atoms with van der Waals surface area (Å²) < 4.78 is 0. The monoisotopic (exact) mass is 200 g/mol. The Morgan fingerprint density at radius 3 is 2.43 bits per heavy atom. The average molecular weight is 200 g/mol. The van der Waals surface area contributed by atoms with Crippen LogP contribution in [-0.4, -0.2) is 35.4 Å². The van der Waals surface area contributed by atoms with E-state index in [4.69, 9.17) is 0 Å². The molecule has 0 bridgehead atoms. The Balaban J connectivity index is 2.95. The van der Waals surface area contributed by atoms with Crippen LogP contribution in [0, 0.1) is 11.3 Å². The second-order valence-corrected chi connectivity index (χ2v) is 4.98. The average Bonchev–Trinajstić information content (AvgIpc) is 2.08. The summed E-state index contributed by atoms with van der Waals surface area (Å²) in [6.07, 6.45) is -0.719. The van der Waals surface area contributed by atoms with Crippen molar-refractivity contribution in [3.8, 4) is 0 Å². The maximum absolute atomic E-state index is 11.5. The van der Waals surface area contributed by atoms with E-state index in [0.29, 0.717) is 5.92 Å². The maximum atomic E-state index is 11.5. The van der Waals surface area contributed by atoms with Crippen molar-refractivity contribution in [1.29, 1.82) is 0 Å². The van der Waals surface area contributed by atoms with Gasteiger partial charge in [0.2, 0.25) is 0 Å². The van der Waals surface area contributed by atoms with Crippen LogP contribution in [0.3, 0.4) is 0 Å². The van der Waals surface area contributed by atoms with Gasteiger partial charge in [-0.05, 0) is 5.92 Å². The Kier molecular flexibility index (Phi) is 2.76. The first-order valence-corrected chi connectivity index (χ1v) is 5.00. The van der Waals surface area contributed by atoms with Crippen LogP contribution in [0.2, 0.25) is 0 Å². The van der Waals surface area contributed by atoms with Gasteiger partial charge in [0.15, 0.2) is 0 Å². The van der Waals surface area contributed by atoms with E-state index in [1.165, 1.54) is 4.90 Å². The van der Waals surface area contributed by atoms with Crippen LogP contribution in [0.25, 0.3) is 0 Å². The summed E-state index contributed by atoms with van der Waals surface area (Å²) in [5.41, 5.74) is -0.323. The van der Waals surface area contributed by atoms with Crippen LogP contribution >= 0.6 is 0 Å². The number of nitrogens with one attached hydrogen (secondary N) is 1. The van der Waals surface area contributed by atoms with Gasteiger partial charge in [-0.2, -0.15) is 0 Å². The van der Waals surface area contributed by atoms with Crippen molar-refractivity contribution >= 4 is 6.03 Å². The van der Waals surface area contributed by atoms with Crippen LogP contribution in [0.5, 0.6) is 0 Å². The molecule has 0 radical (unpaired) electrons. The highest BCUT2D eigenvalue weighted by atomic mass is 16.3. The summed E-state index contributed by atoms with van der Waals surface area (Å²) >= 11 is 0. The molecule has 14 heavy (non-hydrogen) atoms. The fraction of sp³-hybridized carbons (Fsp3) is 0.900. The quantitative estimate of drug-likeness (QED) is 0.663. The van der Waals surface area contributed by atoms with E-state index in [0.717, 1.165) is 0 Å². The van der Waals surface area contributed by atoms with E-state index in [9.17, 15) is 9.90 Å². The molecule has 82 valence electrons. The van der Waals surface area contributed by atoms with Gasteiger partial charge in [-0.3, -0.25) is 0 Å². The van der Waals surface area contributed by atoms with Gasteiger partial charge in [0.1, 0.15) is 6.23 Å². The number of carbonyl (C=O) groups excluding carboxylic acids is 1. The predicted molar refractivity (Wildman–Crippen MR) is 54.7 cm³/mol. The highest BCUT2D eigenvalue weighted by molar-refractivity contribution is 5.75. The third kappa shape index (κ3) is 1.59. The number of aliphatic hydroxyl groups excluding tert-OH is 1. The molecule has 2 atom stereocenters. The highest BCUT2D eigenvalue weighted by Crippen LogP contribution is 2.34. The molecule has 1 aliphatic heterocycles. The van der Waals surface area contributed by atoms with Gasteiger partial charge in [-0.25, -0.2) is 4.79 Å². The SMILES string of the molecule is CC(C)C1NC(=O)N(C)C(O)C1(C)C. The molecular weight excluding hydrogens is 180 g/mol. The fourth-order valence-corrected chi connectivity index (χ4v) is 2.22. The molecule has 2 N–H and O–H groups in total. The Labute approximate surface area is 85.3 Å². The van der Waals surface area contributed by atoms with E-state index in [2.05, 4.69) is 5.32 Å². The first-order valence-electron chi connectivity index (χ1n) is 5.00. The largest absolute Gasteiger partial charge is 0.373 e. The Bertz CT molecular complexity index is 238. The second-order valence-electron chi connectivity index (χ2n) is 4.98. The smallest absolute Gasteiger partial charge is 0.319 e. The molecule has 0 aromatic carbocycles. The van der Waals surface area contributed by atoms with Crippen LogP contribution in [0.4, 0.5) is 4.79 Å². The minimum atomic E-state index is -0.719. The van der Waals surface area contributed by atoms with Gasteiger partial charge < -0.3 is 15.3 Å². The van der Waals surface area contributed by atoms with Gasteiger partial charge in [0.25, 0.3) is 0 Å². The molecule has 1 saturated heterocycles. The molecule has 4 nitrogen and oxygen atoms in total. The van der Waals surface area contributed by atoms with Crippen LogP contribution in [0.15, 0.2) is 0 Å². The molecule has 0 spiro atoms. The molecule has 2 amide bonds. The standard InChI is InChI=1S/C10H20N2O2/c1-6(2)7-10(3,4)8(13)12(5)9(14)11-7/h6-8,13H,1-5H3,(H,11,14). The van der Waals surface area contributed by atoms with Crippen molar-refractivity contribution in [2.24, 2.45) is 11.3 Å². The van der Waals surface area contributed by atoms with Crippen molar-refractivity contribution in [3.63, 3.8) is 0 Å². The van der Waals surface area contributed by atoms with E-state index in [1.807, 2.05) is 27.7 Å². The molecule has 1 fully saturated rings. The number of carbonyl (C=O) groups is 1.